The third-order valence-corrected chi connectivity index (χ3v) is 3.27. The van der Waals surface area contributed by atoms with Gasteiger partial charge in [-0.1, -0.05) is 11.6 Å². The lowest BCUT2D eigenvalue weighted by atomic mass is 10.2. The van der Waals surface area contributed by atoms with E-state index in [1.165, 1.54) is 12.3 Å². The quantitative estimate of drug-likeness (QED) is 0.830. The number of carbonyl (C=O) groups excluding carboxylic acids is 2. The Balaban J connectivity index is 2.04. The second-order valence-electron chi connectivity index (χ2n) is 6.12. The number of nitrogens with zero attached hydrogens (tertiary/aromatic N) is 2. The molecule has 1 fully saturated rings. The van der Waals surface area contributed by atoms with E-state index in [1.807, 2.05) is 0 Å². The Morgan fingerprint density at radius 2 is 1.96 bits per heavy atom. The smallest absolute Gasteiger partial charge is 0.416 e. The van der Waals surface area contributed by atoms with Crippen LogP contribution in [-0.4, -0.2) is 53.7 Å². The summed E-state index contributed by atoms with van der Waals surface area (Å²) < 4.78 is 10.4. The summed E-state index contributed by atoms with van der Waals surface area (Å²) in [5.41, 5.74) is -0.413. The van der Waals surface area contributed by atoms with Crippen molar-refractivity contribution in [1.29, 1.82) is 0 Å². The number of piperazine rings is 1. The van der Waals surface area contributed by atoms with Crippen molar-refractivity contribution < 1.29 is 19.1 Å². The molecule has 2 heterocycles. The summed E-state index contributed by atoms with van der Waals surface area (Å²) in [7, 11) is 0. The van der Waals surface area contributed by atoms with Gasteiger partial charge in [-0.3, -0.25) is 0 Å². The lowest BCUT2D eigenvalue weighted by Crippen LogP contribution is -2.47. The number of aromatic nitrogens is 1. The highest BCUT2D eigenvalue weighted by molar-refractivity contribution is 6.32. The van der Waals surface area contributed by atoms with Gasteiger partial charge < -0.3 is 19.7 Å². The molecule has 23 heavy (non-hydrogen) atoms. The number of pyridine rings is 1. The molecule has 1 aromatic rings. The summed E-state index contributed by atoms with van der Waals surface area (Å²) in [6.07, 6.45) is 0.770. The summed E-state index contributed by atoms with van der Waals surface area (Å²) >= 11 is 6.05. The van der Waals surface area contributed by atoms with Gasteiger partial charge >= 0.3 is 12.1 Å². The van der Waals surface area contributed by atoms with Crippen LogP contribution in [0.5, 0.6) is 5.88 Å². The van der Waals surface area contributed by atoms with Gasteiger partial charge in [-0.2, -0.15) is 0 Å². The van der Waals surface area contributed by atoms with Gasteiger partial charge in [-0.05, 0) is 26.8 Å². The minimum Gasteiger partial charge on any atom is -0.456 e. The molecule has 0 bridgehead atoms. The maximum absolute atomic E-state index is 12.0. The summed E-state index contributed by atoms with van der Waals surface area (Å²) in [5.74, 6) is -0.561. The highest BCUT2D eigenvalue weighted by Gasteiger charge is 2.22. The first-order valence-electron chi connectivity index (χ1n) is 7.32. The van der Waals surface area contributed by atoms with E-state index < -0.39 is 17.7 Å². The third-order valence-electron chi connectivity index (χ3n) is 3.00. The molecule has 126 valence electrons. The topological polar surface area (TPSA) is 80.8 Å². The minimum absolute atomic E-state index is 0.0255. The van der Waals surface area contributed by atoms with Crippen LogP contribution in [0.25, 0.3) is 0 Å². The molecule has 8 heteroatoms. The number of ether oxygens (including phenoxy) is 2. The van der Waals surface area contributed by atoms with Crippen LogP contribution in [0.4, 0.5) is 4.79 Å². The molecule has 0 unspecified atom stereocenters. The number of esters is 1. The Labute approximate surface area is 139 Å². The van der Waals surface area contributed by atoms with Crippen LogP contribution in [0.3, 0.4) is 0 Å². The largest absolute Gasteiger partial charge is 0.456 e. The first kappa shape index (κ1) is 17.5. The zero-order valence-corrected chi connectivity index (χ0v) is 14.1. The van der Waals surface area contributed by atoms with Crippen LogP contribution < -0.4 is 10.1 Å². The van der Waals surface area contributed by atoms with Crippen molar-refractivity contribution in [3.05, 3.63) is 22.8 Å². The number of rotatable bonds is 2. The molecule has 1 aliphatic heterocycles. The molecular weight excluding hydrogens is 322 g/mol. The standard InChI is InChI=1S/C15H20ClN3O4/c1-15(2,3)23-13(20)10-8-11(16)12(18-9-10)22-14(21)19-6-4-17-5-7-19/h8-9,17H,4-7H2,1-3H3. The first-order chi connectivity index (χ1) is 10.8. The molecule has 0 radical (unpaired) electrons. The summed E-state index contributed by atoms with van der Waals surface area (Å²) in [4.78, 5) is 29.5. The van der Waals surface area contributed by atoms with E-state index >= 15 is 0 Å². The second-order valence-corrected chi connectivity index (χ2v) is 6.53. The van der Waals surface area contributed by atoms with Gasteiger partial charge in [0.05, 0.1) is 5.56 Å². The Morgan fingerprint density at radius 3 is 2.52 bits per heavy atom. The van der Waals surface area contributed by atoms with Gasteiger partial charge in [0.1, 0.15) is 10.6 Å². The summed E-state index contributed by atoms with van der Waals surface area (Å²) in [5, 5.41) is 3.22. The average molecular weight is 342 g/mol. The monoisotopic (exact) mass is 341 g/mol. The van der Waals surface area contributed by atoms with Crippen LogP contribution in [-0.2, 0) is 4.74 Å². The number of halogens is 1. The fourth-order valence-electron chi connectivity index (χ4n) is 1.94. The first-order valence-corrected chi connectivity index (χ1v) is 7.70. The molecule has 1 aromatic heterocycles. The van der Waals surface area contributed by atoms with Crippen molar-refractivity contribution >= 4 is 23.7 Å². The number of carbonyl (C=O) groups is 2. The van der Waals surface area contributed by atoms with Crippen LogP contribution in [0.15, 0.2) is 12.3 Å². The molecule has 0 aliphatic carbocycles. The fourth-order valence-corrected chi connectivity index (χ4v) is 2.15. The molecule has 1 amide bonds. The summed E-state index contributed by atoms with van der Waals surface area (Å²) in [6, 6.07) is 1.38. The molecule has 0 saturated carbocycles. The van der Waals surface area contributed by atoms with Crippen molar-refractivity contribution in [3.8, 4) is 5.88 Å². The maximum Gasteiger partial charge on any atom is 0.416 e. The van der Waals surface area contributed by atoms with E-state index in [0.717, 1.165) is 0 Å². The summed E-state index contributed by atoms with van der Waals surface area (Å²) in [6.45, 7) is 7.86. The Bertz CT molecular complexity index is 595. The minimum atomic E-state index is -0.614. The maximum atomic E-state index is 12.0. The molecule has 1 N–H and O–H groups in total. The Hall–Kier alpha value is -1.86. The normalized spacial score (nSPS) is 15.2. The van der Waals surface area contributed by atoms with Gasteiger partial charge in [-0.25, -0.2) is 14.6 Å². The van der Waals surface area contributed by atoms with Crippen molar-refractivity contribution in [1.82, 2.24) is 15.2 Å². The molecule has 2 rings (SSSR count). The van der Waals surface area contributed by atoms with Gasteiger partial charge in [0.25, 0.3) is 0 Å². The molecule has 1 saturated heterocycles. The number of nitrogens with one attached hydrogen (secondary N) is 1. The molecule has 0 aromatic carbocycles. The van der Waals surface area contributed by atoms with Crippen LogP contribution in [0.2, 0.25) is 5.02 Å². The van der Waals surface area contributed by atoms with Crippen LogP contribution in [0.1, 0.15) is 31.1 Å². The fraction of sp³-hybridized carbons (Fsp3) is 0.533. The van der Waals surface area contributed by atoms with Gasteiger partial charge in [0.15, 0.2) is 0 Å². The van der Waals surface area contributed by atoms with Crippen LogP contribution >= 0.6 is 11.6 Å². The Morgan fingerprint density at radius 1 is 1.30 bits per heavy atom. The SMILES string of the molecule is CC(C)(C)OC(=O)c1cnc(OC(=O)N2CCNCC2)c(Cl)c1. The van der Waals surface area contributed by atoms with Crippen molar-refractivity contribution in [2.75, 3.05) is 26.2 Å². The second kappa shape index (κ2) is 7.14. The average Bonchev–Trinajstić information content (AvgIpc) is 2.48. The molecular formula is C15H20ClN3O4. The highest BCUT2D eigenvalue weighted by Crippen LogP contribution is 2.24. The van der Waals surface area contributed by atoms with Gasteiger partial charge in [0.2, 0.25) is 5.88 Å². The van der Waals surface area contributed by atoms with E-state index in [9.17, 15) is 9.59 Å². The lowest BCUT2D eigenvalue weighted by Gasteiger charge is -2.26. The number of amides is 1. The predicted molar refractivity (Wildman–Crippen MR) is 84.9 cm³/mol. The van der Waals surface area contributed by atoms with E-state index in [2.05, 4.69) is 10.3 Å². The molecule has 0 atom stereocenters. The van der Waals surface area contributed by atoms with Crippen molar-refractivity contribution in [3.63, 3.8) is 0 Å². The number of hydrogen-bond donors (Lipinski definition) is 1. The van der Waals surface area contributed by atoms with Gasteiger partial charge in [-0.15, -0.1) is 0 Å². The number of hydrogen-bond acceptors (Lipinski definition) is 6. The zero-order chi connectivity index (χ0) is 17.0. The van der Waals surface area contributed by atoms with Crippen molar-refractivity contribution in [2.45, 2.75) is 26.4 Å². The molecule has 0 spiro atoms. The van der Waals surface area contributed by atoms with Crippen molar-refractivity contribution in [2.24, 2.45) is 0 Å². The molecule has 1 aliphatic rings. The molecule has 7 nitrogen and oxygen atoms in total. The van der Waals surface area contributed by atoms with E-state index in [1.54, 1.807) is 25.7 Å². The third kappa shape index (κ3) is 5.07. The zero-order valence-electron chi connectivity index (χ0n) is 13.4. The van der Waals surface area contributed by atoms with E-state index in [4.69, 9.17) is 21.1 Å². The van der Waals surface area contributed by atoms with E-state index in [0.29, 0.717) is 26.2 Å². The van der Waals surface area contributed by atoms with Gasteiger partial charge in [0, 0.05) is 32.4 Å². The predicted octanol–water partition coefficient (Wildman–Crippen LogP) is 2.09. The van der Waals surface area contributed by atoms with Crippen LogP contribution in [0, 0.1) is 0 Å². The lowest BCUT2D eigenvalue weighted by molar-refractivity contribution is 0.00690. The highest BCUT2D eigenvalue weighted by atomic mass is 35.5. The van der Waals surface area contributed by atoms with E-state index in [-0.39, 0.29) is 16.5 Å². The Kier molecular flexibility index (Phi) is 5.43.